The molecule has 0 N–H and O–H groups in total. The van der Waals surface area contributed by atoms with Crippen molar-refractivity contribution >= 4 is 0 Å². The summed E-state index contributed by atoms with van der Waals surface area (Å²) in [4.78, 5) is 0. The van der Waals surface area contributed by atoms with Crippen LogP contribution in [0.15, 0.2) is 24.3 Å². The molecule has 2 aliphatic rings. The van der Waals surface area contributed by atoms with E-state index >= 15 is 0 Å². The lowest BCUT2D eigenvalue weighted by Crippen LogP contribution is -2.33. The highest BCUT2D eigenvalue weighted by Crippen LogP contribution is 2.42. The lowest BCUT2D eigenvalue weighted by molar-refractivity contribution is -0.189. The summed E-state index contributed by atoms with van der Waals surface area (Å²) in [5.41, 5.74) is -1.41. The second-order valence-corrected chi connectivity index (χ2v) is 9.35. The molecule has 4 rings (SSSR count). The second-order valence-electron chi connectivity index (χ2n) is 9.35. The first-order chi connectivity index (χ1) is 16.0. The standard InChI is InChI=1S/C25H25F7O2/c1-13-2-7-22(33-12-13)15-5-3-14(4-6-15)16-8-18(26)23(19(27)9-16)25(31,32)34-17-10-20(28)24(30)21(29)11-17/h8-11,13-15,22H,2-7,12H2,1H3. The number of alkyl halides is 2. The molecule has 0 radical (unpaired) electrons. The quantitative estimate of drug-likeness (QED) is 0.317. The minimum Gasteiger partial charge on any atom is -0.429 e. The van der Waals surface area contributed by atoms with Crippen molar-refractivity contribution in [1.29, 1.82) is 0 Å². The molecule has 0 bridgehead atoms. The lowest BCUT2D eigenvalue weighted by atomic mass is 9.75. The highest BCUT2D eigenvalue weighted by atomic mass is 19.3. The van der Waals surface area contributed by atoms with Crippen LogP contribution in [-0.2, 0) is 10.8 Å². The number of ether oxygens (including phenoxy) is 2. The lowest BCUT2D eigenvalue weighted by Gasteiger charge is -2.37. The Labute approximate surface area is 193 Å². The van der Waals surface area contributed by atoms with Crippen molar-refractivity contribution in [3.8, 4) is 5.75 Å². The molecule has 186 valence electrons. The Hall–Kier alpha value is -2.29. The van der Waals surface area contributed by atoms with Gasteiger partial charge >= 0.3 is 6.11 Å². The highest BCUT2D eigenvalue weighted by molar-refractivity contribution is 5.33. The van der Waals surface area contributed by atoms with Crippen LogP contribution in [0.25, 0.3) is 0 Å². The maximum Gasteiger partial charge on any atom is 0.432 e. The van der Waals surface area contributed by atoms with E-state index in [2.05, 4.69) is 11.7 Å². The van der Waals surface area contributed by atoms with Crippen molar-refractivity contribution in [3.63, 3.8) is 0 Å². The zero-order valence-electron chi connectivity index (χ0n) is 18.5. The van der Waals surface area contributed by atoms with Gasteiger partial charge < -0.3 is 9.47 Å². The third-order valence-electron chi connectivity index (χ3n) is 6.87. The first kappa shape index (κ1) is 24.8. The van der Waals surface area contributed by atoms with Gasteiger partial charge in [-0.1, -0.05) is 6.92 Å². The summed E-state index contributed by atoms with van der Waals surface area (Å²) in [6, 6.07) is 2.05. The van der Waals surface area contributed by atoms with Crippen molar-refractivity contribution in [3.05, 3.63) is 64.5 Å². The molecule has 1 saturated carbocycles. The summed E-state index contributed by atoms with van der Waals surface area (Å²) >= 11 is 0. The number of rotatable bonds is 5. The van der Waals surface area contributed by atoms with Crippen molar-refractivity contribution in [2.24, 2.45) is 11.8 Å². The minimum atomic E-state index is -4.59. The van der Waals surface area contributed by atoms with E-state index in [1.54, 1.807) is 0 Å². The van der Waals surface area contributed by atoms with E-state index in [0.29, 0.717) is 24.7 Å². The Kier molecular flexibility index (Phi) is 7.12. The predicted octanol–water partition coefficient (Wildman–Crippen LogP) is 7.60. The zero-order valence-corrected chi connectivity index (χ0v) is 18.5. The van der Waals surface area contributed by atoms with Gasteiger partial charge in [-0.2, -0.15) is 8.78 Å². The smallest absolute Gasteiger partial charge is 0.429 e. The fourth-order valence-electron chi connectivity index (χ4n) is 5.00. The number of halogens is 7. The average molecular weight is 490 g/mol. The summed E-state index contributed by atoms with van der Waals surface area (Å²) in [5.74, 6) is -8.88. The molecule has 2 unspecified atom stereocenters. The molecule has 9 heteroatoms. The van der Waals surface area contributed by atoms with E-state index in [1.165, 1.54) is 0 Å². The average Bonchev–Trinajstić information content (AvgIpc) is 2.77. The van der Waals surface area contributed by atoms with Gasteiger partial charge in [-0.3, -0.25) is 0 Å². The minimum absolute atomic E-state index is 0.172. The zero-order chi connectivity index (χ0) is 24.6. The monoisotopic (exact) mass is 490 g/mol. The van der Waals surface area contributed by atoms with Gasteiger partial charge in [0.25, 0.3) is 0 Å². The maximum atomic E-state index is 14.7. The molecular formula is C25H25F7O2. The first-order valence-electron chi connectivity index (χ1n) is 11.4. The molecule has 1 saturated heterocycles. The summed E-state index contributed by atoms with van der Waals surface area (Å²) in [5, 5.41) is 0. The van der Waals surface area contributed by atoms with Gasteiger partial charge in [0.1, 0.15) is 22.9 Å². The summed E-state index contributed by atoms with van der Waals surface area (Å²) in [7, 11) is 0. The van der Waals surface area contributed by atoms with E-state index in [0.717, 1.165) is 44.4 Å². The Morgan fingerprint density at radius 2 is 1.38 bits per heavy atom. The van der Waals surface area contributed by atoms with Crippen LogP contribution in [-0.4, -0.2) is 12.7 Å². The van der Waals surface area contributed by atoms with Crippen LogP contribution in [0.2, 0.25) is 0 Å². The second kappa shape index (κ2) is 9.76. The Bertz CT molecular complexity index is 980. The van der Waals surface area contributed by atoms with E-state index in [4.69, 9.17) is 4.74 Å². The number of hydrogen-bond donors (Lipinski definition) is 0. The fraction of sp³-hybridized carbons (Fsp3) is 0.520. The third-order valence-corrected chi connectivity index (χ3v) is 6.87. The topological polar surface area (TPSA) is 18.5 Å². The molecule has 2 atom stereocenters. The van der Waals surface area contributed by atoms with Gasteiger partial charge in [-0.15, -0.1) is 0 Å². The van der Waals surface area contributed by atoms with Gasteiger partial charge in [0.05, 0.1) is 6.10 Å². The predicted molar refractivity (Wildman–Crippen MR) is 110 cm³/mol. The van der Waals surface area contributed by atoms with E-state index in [1.807, 2.05) is 0 Å². The molecule has 34 heavy (non-hydrogen) atoms. The number of benzene rings is 2. The van der Waals surface area contributed by atoms with E-state index in [-0.39, 0.29) is 29.7 Å². The molecule has 2 aromatic carbocycles. The third kappa shape index (κ3) is 5.19. The molecule has 2 fully saturated rings. The van der Waals surface area contributed by atoms with Crippen LogP contribution >= 0.6 is 0 Å². The van der Waals surface area contributed by atoms with Crippen LogP contribution in [0.3, 0.4) is 0 Å². The molecule has 0 amide bonds. The summed E-state index contributed by atoms with van der Waals surface area (Å²) in [6.45, 7) is 2.88. The molecule has 1 heterocycles. The SMILES string of the molecule is CC1CCC(C2CCC(c3cc(F)c(C(F)(F)Oc4cc(F)c(F)c(F)c4)c(F)c3)CC2)OC1. The van der Waals surface area contributed by atoms with Crippen LogP contribution < -0.4 is 4.74 Å². The van der Waals surface area contributed by atoms with E-state index in [9.17, 15) is 30.7 Å². The molecule has 2 aromatic rings. The molecule has 0 aromatic heterocycles. The normalized spacial score (nSPS) is 25.9. The molecular weight excluding hydrogens is 465 g/mol. The molecule has 0 spiro atoms. The van der Waals surface area contributed by atoms with Crippen LogP contribution in [0, 0.1) is 40.9 Å². The van der Waals surface area contributed by atoms with Crippen molar-refractivity contribution in [2.45, 2.75) is 63.6 Å². The maximum absolute atomic E-state index is 14.7. The van der Waals surface area contributed by atoms with Gasteiger partial charge in [0.15, 0.2) is 17.5 Å². The van der Waals surface area contributed by atoms with Crippen LogP contribution in [0.1, 0.15) is 62.5 Å². The van der Waals surface area contributed by atoms with Gasteiger partial charge in [-0.05, 0) is 74.0 Å². The number of hydrogen-bond acceptors (Lipinski definition) is 2. The van der Waals surface area contributed by atoms with Gasteiger partial charge in [0.2, 0.25) is 0 Å². The van der Waals surface area contributed by atoms with Crippen LogP contribution in [0.4, 0.5) is 30.7 Å². The Morgan fingerprint density at radius 3 is 1.91 bits per heavy atom. The van der Waals surface area contributed by atoms with E-state index < -0.39 is 46.5 Å². The fourth-order valence-corrected chi connectivity index (χ4v) is 5.00. The Morgan fingerprint density at radius 1 is 0.794 bits per heavy atom. The van der Waals surface area contributed by atoms with Crippen molar-refractivity contribution in [1.82, 2.24) is 0 Å². The summed E-state index contributed by atoms with van der Waals surface area (Å²) in [6.07, 6.45) is 0.631. The molecule has 1 aliphatic heterocycles. The first-order valence-corrected chi connectivity index (χ1v) is 11.4. The van der Waals surface area contributed by atoms with Gasteiger partial charge in [-0.25, -0.2) is 22.0 Å². The molecule has 1 aliphatic carbocycles. The van der Waals surface area contributed by atoms with Crippen LogP contribution in [0.5, 0.6) is 5.75 Å². The highest BCUT2D eigenvalue weighted by Gasteiger charge is 2.42. The van der Waals surface area contributed by atoms with Gasteiger partial charge in [0, 0.05) is 18.7 Å². The molecule has 2 nitrogen and oxygen atoms in total. The largest absolute Gasteiger partial charge is 0.432 e. The summed E-state index contributed by atoms with van der Waals surface area (Å²) < 4.78 is 108. The Balaban J connectivity index is 1.47. The van der Waals surface area contributed by atoms with Crippen molar-refractivity contribution in [2.75, 3.05) is 6.61 Å². The van der Waals surface area contributed by atoms with Crippen molar-refractivity contribution < 1.29 is 40.2 Å².